The Balaban J connectivity index is 1.29. The molecule has 0 spiro atoms. The monoisotopic (exact) mass is 493 g/mol. The van der Waals surface area contributed by atoms with Crippen LogP contribution in [0.25, 0.3) is 10.8 Å². The fraction of sp³-hybridized carbons (Fsp3) is 0.324. The lowest BCUT2D eigenvalue weighted by Crippen LogP contribution is -1.98. The minimum absolute atomic E-state index is 0.126. The Morgan fingerprint density at radius 3 is 2.08 bits per heavy atom. The first-order valence-corrected chi connectivity index (χ1v) is 13.6. The summed E-state index contributed by atoms with van der Waals surface area (Å²) in [5.41, 5.74) is 4.97. The van der Waals surface area contributed by atoms with E-state index in [0.29, 0.717) is 17.4 Å². The van der Waals surface area contributed by atoms with Gasteiger partial charge in [0.1, 0.15) is 11.6 Å². The molecule has 0 aromatic heterocycles. The molecule has 37 heavy (non-hydrogen) atoms. The van der Waals surface area contributed by atoms with Gasteiger partial charge in [0.25, 0.3) is 0 Å². The van der Waals surface area contributed by atoms with Crippen LogP contribution in [0.1, 0.15) is 66.8 Å². The van der Waals surface area contributed by atoms with Gasteiger partial charge in [-0.2, -0.15) is 5.26 Å². The third-order valence-electron chi connectivity index (χ3n) is 7.01. The summed E-state index contributed by atoms with van der Waals surface area (Å²) in [5, 5.41) is 10.6. The number of fused-ring (bicyclic) bond motifs is 1. The van der Waals surface area contributed by atoms with Gasteiger partial charge in [-0.3, -0.25) is 0 Å². The minimum Gasteiger partial charge on any atom is -0.494 e. The Hall–Kier alpha value is -3.64. The standard InChI is InChI=1S/C34H36FNO/c1-2-3-4-5-6-23-37-32-20-14-27(15-21-32)7-10-28-16-22-33-31(24-28)19-18-30(34(33)35)17-13-26-8-11-29(25-36)12-9-26/h8-9,11-12,14-16,18-22,24H,2-7,10,13,17,23H2,1H3. The van der Waals surface area contributed by atoms with E-state index in [9.17, 15) is 0 Å². The molecule has 0 atom stereocenters. The molecule has 4 rings (SSSR count). The van der Waals surface area contributed by atoms with E-state index in [-0.39, 0.29) is 5.82 Å². The number of unbranched alkanes of at least 4 members (excludes halogenated alkanes) is 4. The van der Waals surface area contributed by atoms with E-state index in [2.05, 4.69) is 43.3 Å². The Kier molecular flexibility index (Phi) is 9.72. The highest BCUT2D eigenvalue weighted by Gasteiger charge is 2.09. The van der Waals surface area contributed by atoms with Gasteiger partial charge >= 0.3 is 0 Å². The molecule has 0 saturated carbocycles. The molecule has 4 aromatic rings. The lowest BCUT2D eigenvalue weighted by atomic mass is 9.97. The zero-order valence-electron chi connectivity index (χ0n) is 21.8. The molecule has 190 valence electrons. The topological polar surface area (TPSA) is 33.0 Å². The molecular formula is C34H36FNO. The first kappa shape index (κ1) is 26.4. The molecule has 0 aliphatic rings. The summed E-state index contributed by atoms with van der Waals surface area (Å²) < 4.78 is 21.1. The number of nitriles is 1. The molecule has 0 heterocycles. The Morgan fingerprint density at radius 1 is 0.703 bits per heavy atom. The van der Waals surface area contributed by atoms with Crippen LogP contribution in [0.5, 0.6) is 5.75 Å². The summed E-state index contributed by atoms with van der Waals surface area (Å²) in [6.07, 6.45) is 9.45. The second-order valence-electron chi connectivity index (χ2n) is 9.81. The summed E-state index contributed by atoms with van der Waals surface area (Å²) in [6.45, 7) is 3.02. The number of ether oxygens (including phenoxy) is 1. The summed E-state index contributed by atoms with van der Waals surface area (Å²) in [5.74, 6) is 0.814. The van der Waals surface area contributed by atoms with Gasteiger partial charge < -0.3 is 4.74 Å². The van der Waals surface area contributed by atoms with Crippen LogP contribution in [-0.2, 0) is 25.7 Å². The van der Waals surface area contributed by atoms with Crippen molar-refractivity contribution in [1.82, 2.24) is 0 Å². The maximum Gasteiger partial charge on any atom is 0.134 e. The molecule has 0 aliphatic heterocycles. The number of benzene rings is 4. The van der Waals surface area contributed by atoms with Crippen molar-refractivity contribution < 1.29 is 9.13 Å². The van der Waals surface area contributed by atoms with Gasteiger partial charge in [-0.05, 0) is 84.0 Å². The van der Waals surface area contributed by atoms with Gasteiger partial charge in [0.2, 0.25) is 0 Å². The second-order valence-corrected chi connectivity index (χ2v) is 9.81. The van der Waals surface area contributed by atoms with Gasteiger partial charge in [0.15, 0.2) is 0 Å². The van der Waals surface area contributed by atoms with Crippen molar-refractivity contribution in [2.24, 2.45) is 0 Å². The van der Waals surface area contributed by atoms with Crippen molar-refractivity contribution in [2.75, 3.05) is 6.61 Å². The fourth-order valence-corrected chi connectivity index (χ4v) is 4.70. The quantitative estimate of drug-likeness (QED) is 0.174. The van der Waals surface area contributed by atoms with Crippen LogP contribution in [-0.4, -0.2) is 6.61 Å². The van der Waals surface area contributed by atoms with Crippen LogP contribution in [0.15, 0.2) is 78.9 Å². The molecule has 0 fully saturated rings. The number of aryl methyl sites for hydroxylation is 4. The molecule has 0 bridgehead atoms. The molecule has 0 amide bonds. The zero-order chi connectivity index (χ0) is 25.9. The van der Waals surface area contributed by atoms with E-state index < -0.39 is 0 Å². The van der Waals surface area contributed by atoms with Gasteiger partial charge in [-0.25, -0.2) is 4.39 Å². The Bertz CT molecular complexity index is 1320. The Morgan fingerprint density at radius 2 is 1.35 bits per heavy atom. The predicted octanol–water partition coefficient (Wildman–Crippen LogP) is 8.77. The summed E-state index contributed by atoms with van der Waals surface area (Å²) in [4.78, 5) is 0. The van der Waals surface area contributed by atoms with Crippen molar-refractivity contribution >= 4 is 10.8 Å². The predicted molar refractivity (Wildman–Crippen MR) is 151 cm³/mol. The highest BCUT2D eigenvalue weighted by molar-refractivity contribution is 5.84. The highest BCUT2D eigenvalue weighted by Crippen LogP contribution is 2.25. The van der Waals surface area contributed by atoms with Crippen LogP contribution in [0.3, 0.4) is 0 Å². The van der Waals surface area contributed by atoms with Crippen LogP contribution in [0.4, 0.5) is 4.39 Å². The molecule has 0 unspecified atom stereocenters. The Labute approximate surface area is 220 Å². The largest absolute Gasteiger partial charge is 0.494 e. The molecule has 2 nitrogen and oxygen atoms in total. The van der Waals surface area contributed by atoms with E-state index in [4.69, 9.17) is 10.00 Å². The lowest BCUT2D eigenvalue weighted by molar-refractivity contribution is 0.304. The molecule has 4 aromatic carbocycles. The van der Waals surface area contributed by atoms with E-state index in [0.717, 1.165) is 54.6 Å². The molecular weight excluding hydrogens is 457 g/mol. The maximum absolute atomic E-state index is 15.2. The maximum atomic E-state index is 15.2. The van der Waals surface area contributed by atoms with E-state index in [1.807, 2.05) is 48.5 Å². The molecule has 0 aliphatic carbocycles. The van der Waals surface area contributed by atoms with Crippen LogP contribution >= 0.6 is 0 Å². The molecule has 0 saturated heterocycles. The first-order chi connectivity index (χ1) is 18.2. The van der Waals surface area contributed by atoms with Gasteiger partial charge in [0.05, 0.1) is 18.2 Å². The third kappa shape index (κ3) is 7.67. The minimum atomic E-state index is -0.126. The highest BCUT2D eigenvalue weighted by atomic mass is 19.1. The third-order valence-corrected chi connectivity index (χ3v) is 7.01. The van der Waals surface area contributed by atoms with Crippen molar-refractivity contribution in [2.45, 2.75) is 64.7 Å². The summed E-state index contributed by atoms with van der Waals surface area (Å²) in [7, 11) is 0. The fourth-order valence-electron chi connectivity index (χ4n) is 4.70. The number of rotatable bonds is 13. The lowest BCUT2D eigenvalue weighted by Gasteiger charge is -2.10. The number of halogens is 1. The summed E-state index contributed by atoms with van der Waals surface area (Å²) >= 11 is 0. The SMILES string of the molecule is CCCCCCCOc1ccc(CCc2ccc3c(F)c(CCc4ccc(C#N)cc4)ccc3c2)cc1. The van der Waals surface area contributed by atoms with Gasteiger partial charge in [0, 0.05) is 5.39 Å². The van der Waals surface area contributed by atoms with Gasteiger partial charge in [-0.1, -0.05) is 87.2 Å². The van der Waals surface area contributed by atoms with E-state index in [1.54, 1.807) is 0 Å². The first-order valence-electron chi connectivity index (χ1n) is 13.6. The number of hydrogen-bond donors (Lipinski definition) is 0. The van der Waals surface area contributed by atoms with Gasteiger partial charge in [-0.15, -0.1) is 0 Å². The second kappa shape index (κ2) is 13.6. The van der Waals surface area contributed by atoms with Crippen molar-refractivity contribution in [3.05, 3.63) is 112 Å². The molecule has 0 N–H and O–H groups in total. The van der Waals surface area contributed by atoms with Crippen LogP contribution in [0.2, 0.25) is 0 Å². The van der Waals surface area contributed by atoms with Crippen LogP contribution in [0, 0.1) is 17.1 Å². The zero-order valence-corrected chi connectivity index (χ0v) is 21.8. The van der Waals surface area contributed by atoms with Crippen molar-refractivity contribution in [3.8, 4) is 11.8 Å². The van der Waals surface area contributed by atoms with E-state index >= 15 is 4.39 Å². The van der Waals surface area contributed by atoms with Crippen LogP contribution < -0.4 is 4.74 Å². The normalized spacial score (nSPS) is 10.9. The van der Waals surface area contributed by atoms with Crippen molar-refractivity contribution in [3.63, 3.8) is 0 Å². The molecule has 3 heteroatoms. The smallest absolute Gasteiger partial charge is 0.134 e. The summed E-state index contributed by atoms with van der Waals surface area (Å²) in [6, 6.07) is 28.1. The molecule has 0 radical (unpaired) electrons. The average Bonchev–Trinajstić information content (AvgIpc) is 2.94. The van der Waals surface area contributed by atoms with E-state index in [1.165, 1.54) is 36.8 Å². The number of nitrogens with zero attached hydrogens (tertiary/aromatic N) is 1. The average molecular weight is 494 g/mol. The number of hydrogen-bond acceptors (Lipinski definition) is 2. The van der Waals surface area contributed by atoms with Crippen molar-refractivity contribution in [1.29, 1.82) is 5.26 Å².